The summed E-state index contributed by atoms with van der Waals surface area (Å²) in [5.41, 5.74) is 2.58. The average Bonchev–Trinajstić information content (AvgIpc) is 3.07. The third-order valence-corrected chi connectivity index (χ3v) is 4.81. The van der Waals surface area contributed by atoms with Crippen molar-refractivity contribution in [3.8, 4) is 0 Å². The predicted molar refractivity (Wildman–Crippen MR) is 107 cm³/mol. The average molecular weight is 389 g/mol. The first-order valence-corrected chi connectivity index (χ1v) is 9.31. The summed E-state index contributed by atoms with van der Waals surface area (Å²) in [6, 6.07) is 10.1. The molecular weight excluding hydrogens is 370 g/mol. The zero-order valence-corrected chi connectivity index (χ0v) is 15.8. The molecule has 3 aromatic rings. The van der Waals surface area contributed by atoms with Crippen molar-refractivity contribution < 1.29 is 18.8 Å². The molecule has 2 aromatic heterocycles. The Bertz CT molecular complexity index is 1100. The van der Waals surface area contributed by atoms with E-state index in [4.69, 9.17) is 4.42 Å². The number of hydrogen-bond donors (Lipinski definition) is 2. The maximum Gasteiger partial charge on any atom is 0.291 e. The van der Waals surface area contributed by atoms with E-state index in [1.807, 2.05) is 0 Å². The SMILES string of the molecule is Cc1c(C(=O)Nc2cccc(NC(=O)c3cccnc3)c2)oc2c1C(=O)CCC2. The van der Waals surface area contributed by atoms with Gasteiger partial charge in [0, 0.05) is 42.2 Å². The lowest BCUT2D eigenvalue weighted by Crippen LogP contribution is -2.14. The van der Waals surface area contributed by atoms with Crippen LogP contribution in [0.15, 0.2) is 53.2 Å². The standard InChI is InChI=1S/C22H19N3O4/c1-13-19-17(26)8-3-9-18(19)29-20(13)22(28)25-16-7-2-6-15(11-16)24-21(27)14-5-4-10-23-12-14/h2,4-7,10-12H,3,8-9H2,1H3,(H,24,27)(H,25,28). The fourth-order valence-electron chi connectivity index (χ4n) is 3.43. The molecule has 29 heavy (non-hydrogen) atoms. The number of anilines is 2. The second-order valence-electron chi connectivity index (χ2n) is 6.86. The van der Waals surface area contributed by atoms with Gasteiger partial charge >= 0.3 is 0 Å². The summed E-state index contributed by atoms with van der Waals surface area (Å²) in [6.45, 7) is 1.73. The van der Waals surface area contributed by atoms with E-state index >= 15 is 0 Å². The molecule has 0 atom stereocenters. The Morgan fingerprint density at radius 2 is 1.79 bits per heavy atom. The van der Waals surface area contributed by atoms with Crippen molar-refractivity contribution in [1.82, 2.24) is 4.98 Å². The molecule has 0 spiro atoms. The van der Waals surface area contributed by atoms with Gasteiger partial charge in [-0.15, -0.1) is 0 Å². The first-order valence-electron chi connectivity index (χ1n) is 9.31. The van der Waals surface area contributed by atoms with Crippen LogP contribution in [-0.2, 0) is 6.42 Å². The Morgan fingerprint density at radius 1 is 1.03 bits per heavy atom. The molecule has 0 fully saturated rings. The quantitative estimate of drug-likeness (QED) is 0.702. The summed E-state index contributed by atoms with van der Waals surface area (Å²) in [7, 11) is 0. The smallest absolute Gasteiger partial charge is 0.291 e. The van der Waals surface area contributed by atoms with Crippen LogP contribution >= 0.6 is 0 Å². The molecule has 2 heterocycles. The van der Waals surface area contributed by atoms with Crippen molar-refractivity contribution in [3.05, 3.63) is 77.0 Å². The summed E-state index contributed by atoms with van der Waals surface area (Å²) in [5.74, 6) is 0.0261. The number of hydrogen-bond acceptors (Lipinski definition) is 5. The third-order valence-electron chi connectivity index (χ3n) is 4.81. The topological polar surface area (TPSA) is 101 Å². The number of aryl methyl sites for hydroxylation is 1. The van der Waals surface area contributed by atoms with Crippen molar-refractivity contribution in [2.24, 2.45) is 0 Å². The molecule has 0 radical (unpaired) electrons. The highest BCUT2D eigenvalue weighted by molar-refractivity contribution is 6.08. The van der Waals surface area contributed by atoms with Crippen LogP contribution in [0, 0.1) is 6.92 Å². The number of aromatic nitrogens is 1. The van der Waals surface area contributed by atoms with Gasteiger partial charge in [0.05, 0.1) is 11.1 Å². The number of nitrogens with zero attached hydrogens (tertiary/aromatic N) is 1. The van der Waals surface area contributed by atoms with Gasteiger partial charge in [-0.25, -0.2) is 0 Å². The Balaban J connectivity index is 1.50. The van der Waals surface area contributed by atoms with Gasteiger partial charge in [0.2, 0.25) is 0 Å². The number of benzene rings is 1. The van der Waals surface area contributed by atoms with Crippen LogP contribution in [0.25, 0.3) is 0 Å². The number of fused-ring (bicyclic) bond motifs is 1. The zero-order chi connectivity index (χ0) is 20.4. The number of Topliss-reactive ketones (excluding diaryl/α,β-unsaturated/α-hetero) is 1. The van der Waals surface area contributed by atoms with Crippen molar-refractivity contribution in [2.45, 2.75) is 26.2 Å². The van der Waals surface area contributed by atoms with Gasteiger partial charge in [-0.3, -0.25) is 19.4 Å². The van der Waals surface area contributed by atoms with Crippen molar-refractivity contribution in [3.63, 3.8) is 0 Å². The molecule has 0 saturated carbocycles. The fraction of sp³-hybridized carbons (Fsp3) is 0.182. The van der Waals surface area contributed by atoms with Crippen LogP contribution in [-0.4, -0.2) is 22.6 Å². The summed E-state index contributed by atoms with van der Waals surface area (Å²) in [6.07, 6.45) is 4.94. The minimum atomic E-state index is -0.430. The third kappa shape index (κ3) is 3.80. The molecule has 1 aliphatic rings. The second kappa shape index (κ2) is 7.71. The molecule has 146 valence electrons. The van der Waals surface area contributed by atoms with Crippen molar-refractivity contribution in [1.29, 1.82) is 0 Å². The number of amides is 2. The largest absolute Gasteiger partial charge is 0.455 e. The van der Waals surface area contributed by atoms with Crippen LogP contribution < -0.4 is 10.6 Å². The van der Waals surface area contributed by atoms with Crippen LogP contribution in [0.1, 0.15) is 55.4 Å². The van der Waals surface area contributed by atoms with Gasteiger partial charge in [0.25, 0.3) is 11.8 Å². The minimum Gasteiger partial charge on any atom is -0.455 e. The van der Waals surface area contributed by atoms with E-state index in [1.165, 1.54) is 6.20 Å². The van der Waals surface area contributed by atoms with Crippen LogP contribution in [0.5, 0.6) is 0 Å². The molecule has 0 unspecified atom stereocenters. The summed E-state index contributed by atoms with van der Waals surface area (Å²) >= 11 is 0. The highest BCUT2D eigenvalue weighted by Crippen LogP contribution is 2.30. The molecule has 4 rings (SSSR count). The number of carbonyl (C=O) groups is 3. The van der Waals surface area contributed by atoms with Gasteiger partial charge in [-0.1, -0.05) is 6.07 Å². The fourth-order valence-corrected chi connectivity index (χ4v) is 3.43. The molecule has 2 N–H and O–H groups in total. The van der Waals surface area contributed by atoms with Gasteiger partial charge in [0.1, 0.15) is 5.76 Å². The van der Waals surface area contributed by atoms with Crippen LogP contribution in [0.3, 0.4) is 0 Å². The van der Waals surface area contributed by atoms with Gasteiger partial charge in [-0.2, -0.15) is 0 Å². The van der Waals surface area contributed by atoms with E-state index in [2.05, 4.69) is 15.6 Å². The van der Waals surface area contributed by atoms with E-state index in [1.54, 1.807) is 49.5 Å². The van der Waals surface area contributed by atoms with Crippen molar-refractivity contribution in [2.75, 3.05) is 10.6 Å². The predicted octanol–water partition coefficient (Wildman–Crippen LogP) is 4.01. The van der Waals surface area contributed by atoms with Gasteiger partial charge < -0.3 is 15.1 Å². The maximum absolute atomic E-state index is 12.7. The highest BCUT2D eigenvalue weighted by atomic mass is 16.4. The van der Waals surface area contributed by atoms with E-state index in [-0.39, 0.29) is 17.5 Å². The summed E-state index contributed by atoms with van der Waals surface area (Å²) < 4.78 is 5.68. The number of furan rings is 1. The maximum atomic E-state index is 12.7. The molecule has 0 saturated heterocycles. The lowest BCUT2D eigenvalue weighted by molar-refractivity contribution is 0.0962. The van der Waals surface area contributed by atoms with E-state index < -0.39 is 5.91 Å². The molecule has 0 aliphatic heterocycles. The molecule has 7 nitrogen and oxygen atoms in total. The van der Waals surface area contributed by atoms with E-state index in [0.717, 1.165) is 6.42 Å². The summed E-state index contributed by atoms with van der Waals surface area (Å²) in [5, 5.41) is 5.54. The molecule has 1 aliphatic carbocycles. The molecular formula is C22H19N3O4. The lowest BCUT2D eigenvalue weighted by Gasteiger charge is -2.08. The molecule has 7 heteroatoms. The van der Waals surface area contributed by atoms with E-state index in [0.29, 0.717) is 46.7 Å². The second-order valence-corrected chi connectivity index (χ2v) is 6.86. The van der Waals surface area contributed by atoms with Crippen molar-refractivity contribution >= 4 is 29.0 Å². The lowest BCUT2D eigenvalue weighted by atomic mass is 9.94. The minimum absolute atomic E-state index is 0.0201. The number of ketones is 1. The van der Waals surface area contributed by atoms with Gasteiger partial charge in [0.15, 0.2) is 11.5 Å². The monoisotopic (exact) mass is 389 g/mol. The Labute approximate surface area is 167 Å². The highest BCUT2D eigenvalue weighted by Gasteiger charge is 2.28. The normalized spacial score (nSPS) is 12.9. The first-order chi connectivity index (χ1) is 14.0. The number of carbonyl (C=O) groups excluding carboxylic acids is 3. The van der Waals surface area contributed by atoms with Crippen LogP contribution in [0.4, 0.5) is 11.4 Å². The van der Waals surface area contributed by atoms with Crippen LogP contribution in [0.2, 0.25) is 0 Å². The zero-order valence-electron chi connectivity index (χ0n) is 15.8. The van der Waals surface area contributed by atoms with E-state index in [9.17, 15) is 14.4 Å². The Kier molecular flexibility index (Phi) is 4.95. The summed E-state index contributed by atoms with van der Waals surface area (Å²) in [4.78, 5) is 41.0. The molecule has 1 aromatic carbocycles. The number of pyridine rings is 1. The first kappa shape index (κ1) is 18.6. The Morgan fingerprint density at radius 3 is 2.48 bits per heavy atom. The van der Waals surface area contributed by atoms with Gasteiger partial charge in [-0.05, 0) is 43.7 Å². The molecule has 0 bridgehead atoms. The molecule has 2 amide bonds. The Hall–Kier alpha value is -3.74. The number of nitrogens with one attached hydrogen (secondary N) is 2. The number of rotatable bonds is 4.